The Bertz CT molecular complexity index is 1170. The molecule has 33 heavy (non-hydrogen) atoms. The molecule has 1 aliphatic carbocycles. The molecule has 3 aromatic rings. The van der Waals surface area contributed by atoms with E-state index in [0.717, 1.165) is 99.1 Å². The molecule has 3 aromatic heterocycles. The SMILES string of the molecule is CC(C)c1nc(C2(c3nc4ccc(N5CCC[C@@H](C(=O)N6CCCC6)C5)nc4[nH]3)CC2)co1. The van der Waals surface area contributed by atoms with Crippen LogP contribution < -0.4 is 4.90 Å². The summed E-state index contributed by atoms with van der Waals surface area (Å²) < 4.78 is 5.71. The molecule has 174 valence electrons. The van der Waals surface area contributed by atoms with Gasteiger partial charge in [0.1, 0.15) is 23.4 Å². The first-order valence-electron chi connectivity index (χ1n) is 12.4. The highest BCUT2D eigenvalue weighted by atomic mass is 16.3. The number of nitrogens with one attached hydrogen (secondary N) is 1. The third kappa shape index (κ3) is 3.60. The normalized spacial score (nSPS) is 22.5. The van der Waals surface area contributed by atoms with Crippen molar-refractivity contribution < 1.29 is 9.21 Å². The molecule has 3 aliphatic rings. The highest BCUT2D eigenvalue weighted by molar-refractivity contribution is 5.80. The lowest BCUT2D eigenvalue weighted by Crippen LogP contribution is -2.44. The molecule has 0 radical (unpaired) electrons. The molecule has 1 saturated carbocycles. The number of hydrogen-bond acceptors (Lipinski definition) is 6. The zero-order valence-electron chi connectivity index (χ0n) is 19.5. The van der Waals surface area contributed by atoms with E-state index in [1.54, 1.807) is 6.26 Å². The van der Waals surface area contributed by atoms with Crippen LogP contribution in [0, 0.1) is 5.92 Å². The zero-order valence-corrected chi connectivity index (χ0v) is 19.5. The monoisotopic (exact) mass is 448 g/mol. The second-order valence-corrected chi connectivity index (χ2v) is 10.2. The number of amides is 1. The number of imidazole rings is 1. The standard InChI is InChI=1S/C25H32N6O2/c1-16(2)22-27-19(15-33-22)25(9-10-25)24-26-18-7-8-20(28-21(18)29-24)31-13-5-6-17(14-31)23(32)30-11-3-4-12-30/h7-8,15-17H,3-6,9-14H2,1-2H3,(H,26,28,29)/t17-/m1/s1. The van der Waals surface area contributed by atoms with Crippen molar-refractivity contribution >= 4 is 22.9 Å². The maximum Gasteiger partial charge on any atom is 0.227 e. The van der Waals surface area contributed by atoms with Gasteiger partial charge < -0.3 is 19.2 Å². The maximum absolute atomic E-state index is 12.9. The maximum atomic E-state index is 12.9. The smallest absolute Gasteiger partial charge is 0.227 e. The molecule has 0 spiro atoms. The van der Waals surface area contributed by atoms with Crippen molar-refractivity contribution in [3.63, 3.8) is 0 Å². The molecule has 0 aromatic carbocycles. The molecule has 6 rings (SSSR count). The number of pyridine rings is 1. The molecule has 8 heteroatoms. The van der Waals surface area contributed by atoms with Crippen LogP contribution in [0.3, 0.4) is 0 Å². The lowest BCUT2D eigenvalue weighted by atomic mass is 9.96. The van der Waals surface area contributed by atoms with Crippen LogP contribution in [0.4, 0.5) is 5.82 Å². The van der Waals surface area contributed by atoms with Crippen LogP contribution in [-0.4, -0.2) is 56.9 Å². The van der Waals surface area contributed by atoms with E-state index in [-0.39, 0.29) is 17.3 Å². The average Bonchev–Trinajstić information content (AvgIpc) is 3.26. The minimum absolute atomic E-state index is 0.0729. The summed E-state index contributed by atoms with van der Waals surface area (Å²) in [7, 11) is 0. The molecule has 0 unspecified atom stereocenters. The molecule has 2 saturated heterocycles. The van der Waals surface area contributed by atoms with Crippen molar-refractivity contribution in [2.45, 2.75) is 63.7 Å². The van der Waals surface area contributed by atoms with Crippen LogP contribution in [0.15, 0.2) is 22.8 Å². The molecule has 2 aliphatic heterocycles. The Morgan fingerprint density at radius 2 is 1.94 bits per heavy atom. The van der Waals surface area contributed by atoms with Gasteiger partial charge >= 0.3 is 0 Å². The number of hydrogen-bond donors (Lipinski definition) is 1. The highest BCUT2D eigenvalue weighted by Crippen LogP contribution is 2.52. The van der Waals surface area contributed by atoms with E-state index in [2.05, 4.69) is 28.6 Å². The van der Waals surface area contributed by atoms with E-state index >= 15 is 0 Å². The Balaban J connectivity index is 1.23. The van der Waals surface area contributed by atoms with Gasteiger partial charge in [0.05, 0.1) is 17.0 Å². The number of oxazole rings is 1. The lowest BCUT2D eigenvalue weighted by molar-refractivity contribution is -0.134. The molecule has 5 heterocycles. The van der Waals surface area contributed by atoms with Gasteiger partial charge in [-0.3, -0.25) is 4.79 Å². The van der Waals surface area contributed by atoms with E-state index in [1.807, 2.05) is 12.1 Å². The van der Waals surface area contributed by atoms with Gasteiger partial charge in [-0.1, -0.05) is 13.8 Å². The summed E-state index contributed by atoms with van der Waals surface area (Å²) in [5.41, 5.74) is 2.45. The van der Waals surface area contributed by atoms with Crippen LogP contribution in [0.5, 0.6) is 0 Å². The number of H-pyrrole nitrogens is 1. The first-order chi connectivity index (χ1) is 16.0. The van der Waals surface area contributed by atoms with Crippen molar-refractivity contribution in [2.75, 3.05) is 31.1 Å². The van der Waals surface area contributed by atoms with Gasteiger partial charge in [0.15, 0.2) is 11.5 Å². The van der Waals surface area contributed by atoms with Gasteiger partial charge in [-0.15, -0.1) is 0 Å². The summed E-state index contributed by atoms with van der Waals surface area (Å²) in [5.74, 6) is 3.28. The first kappa shape index (κ1) is 20.7. The van der Waals surface area contributed by atoms with Crippen LogP contribution in [0.25, 0.3) is 11.2 Å². The summed E-state index contributed by atoms with van der Waals surface area (Å²) in [6, 6.07) is 4.09. The van der Waals surface area contributed by atoms with Crippen molar-refractivity contribution in [1.29, 1.82) is 0 Å². The minimum Gasteiger partial charge on any atom is -0.448 e. The topological polar surface area (TPSA) is 91.2 Å². The Labute approximate surface area is 193 Å². The van der Waals surface area contributed by atoms with Gasteiger partial charge in [0.2, 0.25) is 5.91 Å². The van der Waals surface area contributed by atoms with Crippen LogP contribution in [-0.2, 0) is 10.2 Å². The lowest BCUT2D eigenvalue weighted by Gasteiger charge is -2.34. The van der Waals surface area contributed by atoms with Gasteiger partial charge in [-0.05, 0) is 50.7 Å². The average molecular weight is 449 g/mol. The first-order valence-corrected chi connectivity index (χ1v) is 12.4. The fourth-order valence-electron chi connectivity index (χ4n) is 5.38. The molecular weight excluding hydrogens is 416 g/mol. The number of piperidine rings is 1. The Morgan fingerprint density at radius 1 is 1.12 bits per heavy atom. The van der Waals surface area contributed by atoms with E-state index < -0.39 is 0 Å². The quantitative estimate of drug-likeness (QED) is 0.635. The highest BCUT2D eigenvalue weighted by Gasteiger charge is 2.51. The number of likely N-dealkylation sites (tertiary alicyclic amines) is 1. The number of carbonyl (C=O) groups is 1. The Morgan fingerprint density at radius 3 is 2.67 bits per heavy atom. The largest absolute Gasteiger partial charge is 0.448 e. The van der Waals surface area contributed by atoms with E-state index in [9.17, 15) is 4.79 Å². The minimum atomic E-state index is -0.185. The summed E-state index contributed by atoms with van der Waals surface area (Å²) in [6.45, 7) is 7.70. The van der Waals surface area contributed by atoms with Gasteiger partial charge in [-0.25, -0.2) is 15.0 Å². The fraction of sp³-hybridized carbons (Fsp3) is 0.600. The number of nitrogens with zero attached hydrogens (tertiary/aromatic N) is 5. The van der Waals surface area contributed by atoms with Crippen LogP contribution in [0.1, 0.15) is 75.7 Å². The summed E-state index contributed by atoms with van der Waals surface area (Å²) in [6.07, 6.45) is 8.08. The third-order valence-electron chi connectivity index (χ3n) is 7.55. The number of carbonyl (C=O) groups excluding carboxylic acids is 1. The Kier molecular flexibility index (Phi) is 4.92. The number of rotatable bonds is 5. The van der Waals surface area contributed by atoms with Crippen LogP contribution >= 0.6 is 0 Å². The van der Waals surface area contributed by atoms with Gasteiger partial charge in [0, 0.05) is 32.1 Å². The second kappa shape index (κ2) is 7.85. The van der Waals surface area contributed by atoms with Crippen molar-refractivity contribution in [3.8, 4) is 0 Å². The molecule has 1 N–H and O–H groups in total. The van der Waals surface area contributed by atoms with Crippen molar-refractivity contribution in [3.05, 3.63) is 35.8 Å². The van der Waals surface area contributed by atoms with Gasteiger partial charge in [-0.2, -0.15) is 0 Å². The molecular formula is C25H32N6O2. The predicted molar refractivity (Wildman–Crippen MR) is 125 cm³/mol. The molecule has 1 atom stereocenters. The van der Waals surface area contributed by atoms with E-state index in [0.29, 0.717) is 5.91 Å². The molecule has 1 amide bonds. The summed E-state index contributed by atoms with van der Waals surface area (Å²) >= 11 is 0. The van der Waals surface area contributed by atoms with Gasteiger partial charge in [0.25, 0.3) is 0 Å². The molecule has 8 nitrogen and oxygen atoms in total. The summed E-state index contributed by atoms with van der Waals surface area (Å²) in [4.78, 5) is 35.3. The van der Waals surface area contributed by atoms with E-state index in [4.69, 9.17) is 19.4 Å². The van der Waals surface area contributed by atoms with Crippen molar-refractivity contribution in [2.24, 2.45) is 5.92 Å². The fourth-order valence-corrected chi connectivity index (χ4v) is 5.38. The molecule has 3 fully saturated rings. The number of aromatic nitrogens is 4. The number of aromatic amines is 1. The molecule has 0 bridgehead atoms. The predicted octanol–water partition coefficient (Wildman–Crippen LogP) is 3.99. The van der Waals surface area contributed by atoms with Crippen molar-refractivity contribution in [1.82, 2.24) is 24.8 Å². The number of fused-ring (bicyclic) bond motifs is 1. The Hall–Kier alpha value is -2.90. The zero-order chi connectivity index (χ0) is 22.6. The van der Waals surface area contributed by atoms with E-state index in [1.165, 1.54) is 0 Å². The third-order valence-corrected chi connectivity index (χ3v) is 7.55. The summed E-state index contributed by atoms with van der Waals surface area (Å²) in [5, 5.41) is 0. The number of anilines is 1. The van der Waals surface area contributed by atoms with Crippen LogP contribution in [0.2, 0.25) is 0 Å². The second-order valence-electron chi connectivity index (χ2n) is 10.2.